The fraction of sp³-hybridized carbons (Fsp3) is 0.471. The van der Waals surface area contributed by atoms with E-state index in [0.717, 1.165) is 19.6 Å². The van der Waals surface area contributed by atoms with Gasteiger partial charge >= 0.3 is 19.3 Å². The number of benzene rings is 1. The Labute approximate surface area is 158 Å². The van der Waals surface area contributed by atoms with Crippen LogP contribution in [0, 0.1) is 10.1 Å². The summed E-state index contributed by atoms with van der Waals surface area (Å²) >= 11 is 0. The van der Waals surface area contributed by atoms with Crippen LogP contribution >= 0.6 is 7.75 Å². The summed E-state index contributed by atoms with van der Waals surface area (Å²) in [5.74, 6) is -1.10. The third-order valence-electron chi connectivity index (χ3n) is 3.76. The van der Waals surface area contributed by atoms with E-state index in [-0.39, 0.29) is 13.2 Å². The number of hydrogen-bond acceptors (Lipinski definition) is 7. The molecule has 0 spiro atoms. The van der Waals surface area contributed by atoms with E-state index < -0.39 is 30.2 Å². The number of ether oxygens (including phenoxy) is 1. The third-order valence-corrected chi connectivity index (χ3v) is 5.55. The van der Waals surface area contributed by atoms with Crippen LogP contribution in [0.4, 0.5) is 0 Å². The highest BCUT2D eigenvalue weighted by Crippen LogP contribution is 2.45. The van der Waals surface area contributed by atoms with Gasteiger partial charge in [-0.25, -0.2) is 14.4 Å². The molecule has 1 rings (SSSR count). The number of nitrogens with zero attached hydrogens (tertiary/aromatic N) is 1. The van der Waals surface area contributed by atoms with Gasteiger partial charge in [-0.05, 0) is 19.4 Å². The van der Waals surface area contributed by atoms with Gasteiger partial charge in [-0.1, -0.05) is 42.5 Å². The Hall–Kier alpha value is -2.06. The Morgan fingerprint density at radius 3 is 2.30 bits per heavy atom. The summed E-state index contributed by atoms with van der Waals surface area (Å²) in [5, 5.41) is 14.3. The Morgan fingerprint density at radius 2 is 1.85 bits per heavy atom. The van der Waals surface area contributed by atoms with E-state index in [9.17, 15) is 19.5 Å². The van der Waals surface area contributed by atoms with Gasteiger partial charge in [0.25, 0.3) is 0 Å². The van der Waals surface area contributed by atoms with Crippen LogP contribution in [-0.4, -0.2) is 42.8 Å². The maximum Gasteiger partial charge on any atom is 0.406 e. The quantitative estimate of drug-likeness (QED) is 0.261. The molecular weight excluding hydrogens is 375 g/mol. The second-order valence-corrected chi connectivity index (χ2v) is 7.38. The maximum absolute atomic E-state index is 12.9. The summed E-state index contributed by atoms with van der Waals surface area (Å²) in [6, 6.07) is 7.63. The highest BCUT2D eigenvalue weighted by atomic mass is 31.2. The molecule has 0 saturated heterocycles. The van der Waals surface area contributed by atoms with Crippen LogP contribution in [0.15, 0.2) is 36.4 Å². The number of methoxy groups -OCH3 is 1. The van der Waals surface area contributed by atoms with Crippen LogP contribution in [0.2, 0.25) is 0 Å². The highest BCUT2D eigenvalue weighted by Gasteiger charge is 2.55. The van der Waals surface area contributed by atoms with Gasteiger partial charge in [0.2, 0.25) is 0 Å². The standard InChI is InChI=1S/C17H25N2O7P/c1-5-25-27(23,26-6-2)18-15(13-12-14-10-8-7-9-11-14)17(3,19(21)22)16(20)24-4/h7-13,15H,5-6H2,1-4H3,(H,18,23)/b13-12+/t15-,17-/m0/s1. The van der Waals surface area contributed by atoms with Crippen molar-refractivity contribution in [3.63, 3.8) is 0 Å². The zero-order valence-corrected chi connectivity index (χ0v) is 16.7. The van der Waals surface area contributed by atoms with E-state index in [1.807, 2.05) is 6.07 Å². The van der Waals surface area contributed by atoms with E-state index >= 15 is 0 Å². The van der Waals surface area contributed by atoms with Gasteiger partial charge in [-0.2, -0.15) is 0 Å². The summed E-state index contributed by atoms with van der Waals surface area (Å²) in [6.07, 6.45) is 2.95. The van der Waals surface area contributed by atoms with Crippen LogP contribution in [0.3, 0.4) is 0 Å². The molecule has 0 saturated carbocycles. The molecule has 27 heavy (non-hydrogen) atoms. The molecule has 0 aromatic heterocycles. The summed E-state index contributed by atoms with van der Waals surface area (Å²) in [4.78, 5) is 23.2. The fourth-order valence-corrected chi connectivity index (χ4v) is 3.85. The molecule has 0 amide bonds. The van der Waals surface area contributed by atoms with Crippen molar-refractivity contribution in [2.24, 2.45) is 0 Å². The van der Waals surface area contributed by atoms with E-state index in [4.69, 9.17) is 9.05 Å². The minimum atomic E-state index is -3.90. The molecule has 0 aliphatic heterocycles. The Kier molecular flexibility index (Phi) is 8.78. The Morgan fingerprint density at radius 1 is 1.30 bits per heavy atom. The average molecular weight is 400 g/mol. The zero-order chi connectivity index (χ0) is 20.5. The molecule has 9 nitrogen and oxygen atoms in total. The van der Waals surface area contributed by atoms with Crippen LogP contribution < -0.4 is 5.09 Å². The largest absolute Gasteiger partial charge is 0.464 e. The number of carbonyl (C=O) groups is 1. The number of nitro groups is 1. The molecule has 0 aliphatic rings. The second-order valence-electron chi connectivity index (χ2n) is 5.61. The van der Waals surface area contributed by atoms with Crippen molar-refractivity contribution in [2.45, 2.75) is 32.4 Å². The molecule has 0 unspecified atom stereocenters. The molecular formula is C17H25N2O7P. The van der Waals surface area contributed by atoms with E-state index in [0.29, 0.717) is 0 Å². The number of esters is 1. The van der Waals surface area contributed by atoms with Crippen molar-refractivity contribution < 1.29 is 28.1 Å². The van der Waals surface area contributed by atoms with Crippen LogP contribution in [0.5, 0.6) is 0 Å². The monoisotopic (exact) mass is 400 g/mol. The van der Waals surface area contributed by atoms with Gasteiger partial charge in [-0.15, -0.1) is 0 Å². The molecule has 0 bridgehead atoms. The average Bonchev–Trinajstić information content (AvgIpc) is 2.64. The van der Waals surface area contributed by atoms with Crippen molar-refractivity contribution in [2.75, 3.05) is 20.3 Å². The number of rotatable bonds is 11. The van der Waals surface area contributed by atoms with Crippen molar-refractivity contribution in [1.82, 2.24) is 5.09 Å². The predicted molar refractivity (Wildman–Crippen MR) is 101 cm³/mol. The molecule has 2 atom stereocenters. The molecule has 1 aromatic rings. The van der Waals surface area contributed by atoms with Crippen molar-refractivity contribution in [3.8, 4) is 0 Å². The maximum atomic E-state index is 12.9. The molecule has 0 aliphatic carbocycles. The first kappa shape index (κ1) is 23.0. The number of nitrogens with one attached hydrogen (secondary N) is 1. The van der Waals surface area contributed by atoms with Gasteiger partial charge in [0.05, 0.1) is 20.3 Å². The lowest BCUT2D eigenvalue weighted by Gasteiger charge is -2.29. The lowest BCUT2D eigenvalue weighted by molar-refractivity contribution is -0.552. The van der Waals surface area contributed by atoms with Crippen molar-refractivity contribution in [3.05, 3.63) is 52.1 Å². The normalized spacial score (nSPS) is 15.3. The van der Waals surface area contributed by atoms with Gasteiger partial charge in [0.15, 0.2) is 0 Å². The molecule has 1 N–H and O–H groups in total. The van der Waals surface area contributed by atoms with Gasteiger partial charge in [-0.3, -0.25) is 19.2 Å². The number of carbonyl (C=O) groups excluding carboxylic acids is 1. The minimum Gasteiger partial charge on any atom is -0.464 e. The molecule has 0 heterocycles. The summed E-state index contributed by atoms with van der Waals surface area (Å²) in [6.45, 7) is 4.40. The van der Waals surface area contributed by atoms with E-state index in [2.05, 4.69) is 9.82 Å². The van der Waals surface area contributed by atoms with Gasteiger partial charge < -0.3 is 4.74 Å². The van der Waals surface area contributed by atoms with Crippen LogP contribution in [0.1, 0.15) is 26.3 Å². The SMILES string of the molecule is CCOP(=O)(N[C@@H](/C=C/c1ccccc1)[C@@](C)(C(=O)OC)[N+](=O)[O-])OCC. The first-order chi connectivity index (χ1) is 12.7. The molecule has 10 heteroatoms. The minimum absolute atomic E-state index is 0.0484. The lowest BCUT2D eigenvalue weighted by atomic mass is 9.93. The molecule has 1 aromatic carbocycles. The Balaban J connectivity index is 3.37. The predicted octanol–water partition coefficient (Wildman–Crippen LogP) is 3.05. The first-order valence-electron chi connectivity index (χ1n) is 8.36. The first-order valence-corrected chi connectivity index (χ1v) is 9.90. The summed E-state index contributed by atoms with van der Waals surface area (Å²) in [7, 11) is -2.85. The lowest BCUT2D eigenvalue weighted by Crippen LogP contribution is -2.58. The second kappa shape index (κ2) is 10.3. The molecule has 0 fully saturated rings. The van der Waals surface area contributed by atoms with Crippen LogP contribution in [-0.2, 0) is 23.1 Å². The van der Waals surface area contributed by atoms with Gasteiger partial charge in [0.1, 0.15) is 6.04 Å². The molecule has 150 valence electrons. The zero-order valence-electron chi connectivity index (χ0n) is 15.8. The smallest absolute Gasteiger partial charge is 0.406 e. The van der Waals surface area contributed by atoms with Crippen molar-refractivity contribution in [1.29, 1.82) is 0 Å². The summed E-state index contributed by atoms with van der Waals surface area (Å²) in [5.41, 5.74) is -1.52. The van der Waals surface area contributed by atoms with E-state index in [1.54, 1.807) is 44.2 Å². The fourth-order valence-electron chi connectivity index (χ4n) is 2.27. The van der Waals surface area contributed by atoms with Gasteiger partial charge in [0, 0.05) is 11.8 Å². The Bertz CT molecular complexity index is 700. The third kappa shape index (κ3) is 5.97. The topological polar surface area (TPSA) is 117 Å². The summed E-state index contributed by atoms with van der Waals surface area (Å²) < 4.78 is 27.8. The number of hydrogen-bond donors (Lipinski definition) is 1. The molecule has 0 radical (unpaired) electrons. The highest BCUT2D eigenvalue weighted by molar-refractivity contribution is 7.51. The van der Waals surface area contributed by atoms with Crippen LogP contribution in [0.25, 0.3) is 6.08 Å². The van der Waals surface area contributed by atoms with E-state index in [1.165, 1.54) is 6.08 Å². The van der Waals surface area contributed by atoms with Crippen molar-refractivity contribution >= 4 is 19.8 Å².